The van der Waals surface area contributed by atoms with Crippen LogP contribution >= 0.6 is 0 Å². The van der Waals surface area contributed by atoms with Crippen molar-refractivity contribution in [3.05, 3.63) is 35.4 Å². The third kappa shape index (κ3) is 4.74. The number of benzene rings is 1. The summed E-state index contributed by atoms with van der Waals surface area (Å²) in [6, 6.07) is 3.70. The van der Waals surface area contributed by atoms with E-state index < -0.39 is 23.8 Å². The van der Waals surface area contributed by atoms with E-state index in [1.54, 1.807) is 0 Å². The lowest BCUT2D eigenvalue weighted by Crippen LogP contribution is -2.27. The third-order valence-electron chi connectivity index (χ3n) is 2.74. The number of halogens is 6. The molecule has 0 heterocycles. The summed E-state index contributed by atoms with van der Waals surface area (Å²) in [7, 11) is 0. The molecule has 1 aromatic rings. The van der Waals surface area contributed by atoms with E-state index >= 15 is 0 Å². The Morgan fingerprint density at radius 2 is 1.47 bits per heavy atom. The molecule has 19 heavy (non-hydrogen) atoms. The van der Waals surface area contributed by atoms with E-state index in [2.05, 4.69) is 0 Å². The first-order chi connectivity index (χ1) is 8.64. The smallest absolute Gasteiger partial charge is 0.330 e. The first-order valence-electron chi connectivity index (χ1n) is 5.57. The molecule has 0 radical (unpaired) electrons. The van der Waals surface area contributed by atoms with Gasteiger partial charge < -0.3 is 5.73 Å². The van der Waals surface area contributed by atoms with Gasteiger partial charge in [-0.3, -0.25) is 0 Å². The highest BCUT2D eigenvalue weighted by atomic mass is 19.4. The van der Waals surface area contributed by atoms with Crippen LogP contribution in [0.1, 0.15) is 17.5 Å². The maximum absolute atomic E-state index is 12.6. The molecule has 0 aromatic heterocycles. The average molecular weight is 285 g/mol. The van der Waals surface area contributed by atoms with E-state index in [0.717, 1.165) is 24.3 Å². The van der Waals surface area contributed by atoms with Crippen LogP contribution < -0.4 is 5.73 Å². The van der Waals surface area contributed by atoms with E-state index in [0.29, 0.717) is 0 Å². The van der Waals surface area contributed by atoms with Crippen LogP contribution in [-0.2, 0) is 12.6 Å². The Bertz CT molecular complexity index is 392. The maximum Gasteiger partial charge on any atom is 0.416 e. The quantitative estimate of drug-likeness (QED) is 0.837. The van der Waals surface area contributed by atoms with Gasteiger partial charge in [-0.1, -0.05) is 12.1 Å². The Morgan fingerprint density at radius 3 is 1.84 bits per heavy atom. The monoisotopic (exact) mass is 285 g/mol. The largest absolute Gasteiger partial charge is 0.416 e. The van der Waals surface area contributed by atoms with Gasteiger partial charge in [0.2, 0.25) is 0 Å². The van der Waals surface area contributed by atoms with Gasteiger partial charge in [-0.05, 0) is 37.1 Å². The molecule has 2 N–H and O–H groups in total. The fourth-order valence-electron chi connectivity index (χ4n) is 1.70. The molecule has 0 aliphatic rings. The summed E-state index contributed by atoms with van der Waals surface area (Å²) in [6.07, 6.45) is -9.50. The lowest BCUT2D eigenvalue weighted by molar-refractivity contribution is -0.175. The zero-order valence-corrected chi connectivity index (χ0v) is 9.85. The van der Waals surface area contributed by atoms with Gasteiger partial charge in [0.1, 0.15) is 0 Å². The molecule has 0 fully saturated rings. The predicted molar refractivity (Wildman–Crippen MR) is 58.4 cm³/mol. The van der Waals surface area contributed by atoms with E-state index in [1.807, 2.05) is 0 Å². The second-order valence-electron chi connectivity index (χ2n) is 4.21. The minimum atomic E-state index is -4.49. The van der Waals surface area contributed by atoms with Crippen LogP contribution in [0, 0.1) is 5.92 Å². The van der Waals surface area contributed by atoms with Gasteiger partial charge in [0.15, 0.2) is 0 Å². The maximum atomic E-state index is 12.6. The summed E-state index contributed by atoms with van der Waals surface area (Å²) < 4.78 is 74.8. The van der Waals surface area contributed by atoms with Gasteiger partial charge in [0, 0.05) is 0 Å². The van der Waals surface area contributed by atoms with Crippen LogP contribution in [0.25, 0.3) is 0 Å². The van der Waals surface area contributed by atoms with Gasteiger partial charge in [0.25, 0.3) is 0 Å². The summed E-state index contributed by atoms with van der Waals surface area (Å²) >= 11 is 0. The van der Waals surface area contributed by atoms with Crippen LogP contribution in [0.3, 0.4) is 0 Å². The Labute approximate surface area is 106 Å². The van der Waals surface area contributed by atoms with Gasteiger partial charge in [-0.25, -0.2) is 0 Å². The number of nitrogens with two attached hydrogens (primary N) is 1. The lowest BCUT2D eigenvalue weighted by Gasteiger charge is -2.19. The third-order valence-corrected chi connectivity index (χ3v) is 2.74. The van der Waals surface area contributed by atoms with Gasteiger partial charge >= 0.3 is 12.4 Å². The van der Waals surface area contributed by atoms with Crippen molar-refractivity contribution in [1.82, 2.24) is 0 Å². The molecule has 1 aromatic carbocycles. The topological polar surface area (TPSA) is 26.0 Å². The highest BCUT2D eigenvalue weighted by molar-refractivity contribution is 5.25. The molecule has 0 aliphatic heterocycles. The Hall–Kier alpha value is -1.24. The lowest BCUT2D eigenvalue weighted by atomic mass is 9.95. The number of hydrogen-bond acceptors (Lipinski definition) is 1. The molecule has 1 rings (SSSR count). The van der Waals surface area contributed by atoms with Crippen LogP contribution in [0.5, 0.6) is 0 Å². The molecule has 1 unspecified atom stereocenters. The molecule has 0 saturated carbocycles. The van der Waals surface area contributed by atoms with E-state index in [9.17, 15) is 26.3 Å². The molecule has 1 nitrogen and oxygen atoms in total. The van der Waals surface area contributed by atoms with Crippen LogP contribution in [-0.4, -0.2) is 12.7 Å². The van der Waals surface area contributed by atoms with Crippen molar-refractivity contribution in [2.45, 2.75) is 25.2 Å². The molecule has 108 valence electrons. The highest BCUT2D eigenvalue weighted by Crippen LogP contribution is 2.33. The second-order valence-corrected chi connectivity index (χ2v) is 4.21. The molecule has 1 atom stereocenters. The van der Waals surface area contributed by atoms with Crippen molar-refractivity contribution in [3.63, 3.8) is 0 Å². The zero-order valence-electron chi connectivity index (χ0n) is 9.85. The Kier molecular flexibility index (Phi) is 4.84. The summed E-state index contributed by atoms with van der Waals surface area (Å²) in [5.74, 6) is -1.63. The fourth-order valence-corrected chi connectivity index (χ4v) is 1.70. The zero-order chi connectivity index (χ0) is 14.7. The summed E-state index contributed by atoms with van der Waals surface area (Å²) in [5, 5.41) is 0. The van der Waals surface area contributed by atoms with Crippen molar-refractivity contribution >= 4 is 0 Å². The van der Waals surface area contributed by atoms with E-state index in [1.165, 1.54) is 0 Å². The van der Waals surface area contributed by atoms with Crippen molar-refractivity contribution < 1.29 is 26.3 Å². The van der Waals surface area contributed by atoms with E-state index in [4.69, 9.17) is 5.73 Å². The standard InChI is InChI=1S/C12H13F6N/c13-11(14,15)9-3-1-8(2-4-9)7-10(5-6-19)12(16,17)18/h1-4,10H,5-7,19H2. The van der Waals surface area contributed by atoms with E-state index in [-0.39, 0.29) is 24.9 Å². The fraction of sp³-hybridized carbons (Fsp3) is 0.500. The van der Waals surface area contributed by atoms with Gasteiger partial charge in [-0.15, -0.1) is 0 Å². The predicted octanol–water partition coefficient (Wildman–Crippen LogP) is 3.78. The molecule has 0 bridgehead atoms. The van der Waals surface area contributed by atoms with Gasteiger partial charge in [0.05, 0.1) is 11.5 Å². The minimum absolute atomic E-state index is 0.120. The molecule has 0 spiro atoms. The van der Waals surface area contributed by atoms with Crippen molar-refractivity contribution in [2.75, 3.05) is 6.54 Å². The molecule has 0 aliphatic carbocycles. The van der Waals surface area contributed by atoms with Crippen LogP contribution in [0.2, 0.25) is 0 Å². The molecule has 7 heteroatoms. The summed E-state index contributed by atoms with van der Waals surface area (Å²) in [6.45, 7) is -0.120. The first kappa shape index (κ1) is 15.8. The first-order valence-corrected chi connectivity index (χ1v) is 5.57. The minimum Gasteiger partial charge on any atom is -0.330 e. The van der Waals surface area contributed by atoms with Gasteiger partial charge in [-0.2, -0.15) is 26.3 Å². The SMILES string of the molecule is NCCC(Cc1ccc(C(F)(F)F)cc1)C(F)(F)F. The van der Waals surface area contributed by atoms with Crippen molar-refractivity contribution in [2.24, 2.45) is 11.7 Å². The Morgan fingerprint density at radius 1 is 0.947 bits per heavy atom. The van der Waals surface area contributed by atoms with Crippen LogP contribution in [0.4, 0.5) is 26.3 Å². The number of alkyl halides is 6. The summed E-state index contributed by atoms with van der Waals surface area (Å²) in [4.78, 5) is 0. The number of rotatable bonds is 4. The second kappa shape index (κ2) is 5.81. The molecular weight excluding hydrogens is 272 g/mol. The molecular formula is C12H13F6N. The molecule has 0 saturated heterocycles. The number of hydrogen-bond donors (Lipinski definition) is 1. The van der Waals surface area contributed by atoms with Crippen LogP contribution in [0.15, 0.2) is 24.3 Å². The molecule has 0 amide bonds. The summed E-state index contributed by atoms with van der Waals surface area (Å²) in [5.41, 5.74) is 4.45. The Balaban J connectivity index is 2.81. The van der Waals surface area contributed by atoms with Crippen molar-refractivity contribution in [3.8, 4) is 0 Å². The van der Waals surface area contributed by atoms with Crippen molar-refractivity contribution in [1.29, 1.82) is 0 Å². The highest BCUT2D eigenvalue weighted by Gasteiger charge is 2.38. The average Bonchev–Trinajstić information content (AvgIpc) is 2.26. The normalized spacial score (nSPS) is 14.5.